The number of rotatable bonds is 7. The largest absolute Gasteiger partial charge is 0.484 e. The summed E-state index contributed by atoms with van der Waals surface area (Å²) in [5, 5.41) is 3.36. The van der Waals surface area contributed by atoms with Gasteiger partial charge in [0, 0.05) is 46.8 Å². The molecule has 1 saturated heterocycles. The van der Waals surface area contributed by atoms with E-state index in [2.05, 4.69) is 15.1 Å². The predicted octanol–water partition coefficient (Wildman–Crippen LogP) is 2.58. The Hall–Kier alpha value is -3.29. The lowest BCUT2D eigenvalue weighted by Gasteiger charge is -2.37. The van der Waals surface area contributed by atoms with Crippen LogP contribution in [-0.2, 0) is 11.3 Å². The molecule has 0 aromatic heterocycles. The number of benzene rings is 2. The number of amides is 1. The highest BCUT2D eigenvalue weighted by Crippen LogP contribution is 2.20. The van der Waals surface area contributed by atoms with Crippen LogP contribution < -0.4 is 15.0 Å². The molecule has 1 N–H and O–H groups in total. The molecule has 0 bridgehead atoms. The Kier molecular flexibility index (Phi) is 8.30. The van der Waals surface area contributed by atoms with Gasteiger partial charge in [-0.2, -0.15) is 0 Å². The van der Waals surface area contributed by atoms with Crippen molar-refractivity contribution in [2.24, 2.45) is 4.99 Å². The molecule has 0 unspecified atom stereocenters. The summed E-state index contributed by atoms with van der Waals surface area (Å²) in [5.41, 5.74) is 1.65. The van der Waals surface area contributed by atoms with Crippen LogP contribution in [-0.4, -0.2) is 75.1 Å². The van der Waals surface area contributed by atoms with Gasteiger partial charge >= 0.3 is 0 Å². The summed E-state index contributed by atoms with van der Waals surface area (Å²) in [5.74, 6) is 1.22. The van der Waals surface area contributed by atoms with Gasteiger partial charge in [0.2, 0.25) is 0 Å². The SMILES string of the molecule is CCNC(=NCc1cccc(OCC(=O)N(C)C)c1)N1CCN(c2ccccc2F)CC1. The third-order valence-corrected chi connectivity index (χ3v) is 5.28. The fraction of sp³-hybridized carbons (Fsp3) is 0.417. The number of nitrogens with zero attached hydrogens (tertiary/aromatic N) is 4. The number of likely N-dealkylation sites (N-methyl/N-ethyl adjacent to an activating group) is 1. The van der Waals surface area contributed by atoms with Crippen LogP contribution in [0.1, 0.15) is 12.5 Å². The van der Waals surface area contributed by atoms with Gasteiger partial charge in [-0.25, -0.2) is 9.38 Å². The van der Waals surface area contributed by atoms with Gasteiger partial charge in [-0.15, -0.1) is 0 Å². The van der Waals surface area contributed by atoms with Crippen LogP contribution in [0.15, 0.2) is 53.5 Å². The average molecular weight is 442 g/mol. The number of carbonyl (C=O) groups is 1. The molecular weight excluding hydrogens is 409 g/mol. The maximum atomic E-state index is 14.1. The first-order valence-electron chi connectivity index (χ1n) is 10.9. The molecule has 0 radical (unpaired) electrons. The van der Waals surface area contributed by atoms with E-state index in [9.17, 15) is 9.18 Å². The molecule has 2 aromatic rings. The second kappa shape index (κ2) is 11.4. The van der Waals surface area contributed by atoms with Crippen molar-refractivity contribution in [3.8, 4) is 5.75 Å². The van der Waals surface area contributed by atoms with Crippen molar-refractivity contribution in [1.82, 2.24) is 15.1 Å². The van der Waals surface area contributed by atoms with E-state index >= 15 is 0 Å². The van der Waals surface area contributed by atoms with Gasteiger partial charge in [-0.1, -0.05) is 24.3 Å². The van der Waals surface area contributed by atoms with Gasteiger partial charge in [0.05, 0.1) is 12.2 Å². The smallest absolute Gasteiger partial charge is 0.259 e. The first-order chi connectivity index (χ1) is 15.5. The lowest BCUT2D eigenvalue weighted by molar-refractivity contribution is -0.130. The van der Waals surface area contributed by atoms with Crippen molar-refractivity contribution < 1.29 is 13.9 Å². The zero-order chi connectivity index (χ0) is 22.9. The predicted molar refractivity (Wildman–Crippen MR) is 126 cm³/mol. The van der Waals surface area contributed by atoms with Crippen LogP contribution in [0.3, 0.4) is 0 Å². The molecule has 0 aliphatic carbocycles. The highest BCUT2D eigenvalue weighted by Gasteiger charge is 2.21. The topological polar surface area (TPSA) is 60.4 Å². The Bertz CT molecular complexity index is 926. The monoisotopic (exact) mass is 441 g/mol. The van der Waals surface area contributed by atoms with E-state index in [1.54, 1.807) is 20.2 Å². The number of hydrogen-bond donors (Lipinski definition) is 1. The third-order valence-electron chi connectivity index (χ3n) is 5.28. The van der Waals surface area contributed by atoms with Crippen LogP contribution >= 0.6 is 0 Å². The van der Waals surface area contributed by atoms with E-state index in [1.807, 2.05) is 43.3 Å². The second-order valence-corrected chi connectivity index (χ2v) is 7.82. The molecule has 0 atom stereocenters. The highest BCUT2D eigenvalue weighted by atomic mass is 19.1. The number of piperazine rings is 1. The Morgan fingerprint density at radius 1 is 1.12 bits per heavy atom. The molecule has 0 spiro atoms. The second-order valence-electron chi connectivity index (χ2n) is 7.82. The summed E-state index contributed by atoms with van der Waals surface area (Å²) in [6.45, 7) is 6.29. The maximum Gasteiger partial charge on any atom is 0.259 e. The van der Waals surface area contributed by atoms with Gasteiger partial charge in [0.1, 0.15) is 11.6 Å². The number of anilines is 1. The normalized spacial score (nSPS) is 14.3. The van der Waals surface area contributed by atoms with E-state index in [1.165, 1.54) is 11.0 Å². The number of hydrogen-bond acceptors (Lipinski definition) is 4. The van der Waals surface area contributed by atoms with Crippen molar-refractivity contribution in [2.75, 3.05) is 58.3 Å². The molecule has 1 fully saturated rings. The number of carbonyl (C=O) groups excluding carboxylic acids is 1. The van der Waals surface area contributed by atoms with Crippen LogP contribution in [0.2, 0.25) is 0 Å². The van der Waals surface area contributed by atoms with Crippen molar-refractivity contribution >= 4 is 17.6 Å². The molecule has 8 heteroatoms. The quantitative estimate of drug-likeness (QED) is 0.529. The zero-order valence-electron chi connectivity index (χ0n) is 19.1. The van der Waals surface area contributed by atoms with Crippen molar-refractivity contribution in [3.05, 3.63) is 59.9 Å². The number of halogens is 1. The molecular formula is C24H32FN5O2. The number of nitrogens with one attached hydrogen (secondary N) is 1. The summed E-state index contributed by atoms with van der Waals surface area (Å²) in [6.07, 6.45) is 0. The molecule has 1 heterocycles. The molecule has 7 nitrogen and oxygen atoms in total. The number of para-hydroxylation sites is 1. The van der Waals surface area contributed by atoms with Gasteiger partial charge in [-0.05, 0) is 36.8 Å². The fourth-order valence-corrected chi connectivity index (χ4v) is 3.47. The van der Waals surface area contributed by atoms with Crippen molar-refractivity contribution in [1.29, 1.82) is 0 Å². The molecule has 32 heavy (non-hydrogen) atoms. The molecule has 1 amide bonds. The van der Waals surface area contributed by atoms with E-state index in [-0.39, 0.29) is 18.3 Å². The lowest BCUT2D eigenvalue weighted by Crippen LogP contribution is -2.52. The standard InChI is InChI=1S/C24H32FN5O2/c1-4-26-24(30-14-12-29(13-15-30)22-11-6-5-10-21(22)25)27-17-19-8-7-9-20(16-19)32-18-23(31)28(2)3/h5-11,16H,4,12-15,17-18H2,1-3H3,(H,26,27). The average Bonchev–Trinajstić information content (AvgIpc) is 2.81. The molecule has 1 aliphatic rings. The molecule has 3 rings (SSSR count). The minimum atomic E-state index is -0.184. The minimum Gasteiger partial charge on any atom is -0.484 e. The van der Waals surface area contributed by atoms with E-state index in [0.717, 1.165) is 44.2 Å². The van der Waals surface area contributed by atoms with Crippen LogP contribution in [0.5, 0.6) is 5.75 Å². The van der Waals surface area contributed by atoms with Crippen LogP contribution in [0.4, 0.5) is 10.1 Å². The molecule has 172 valence electrons. The molecule has 0 saturated carbocycles. The Labute approximate surface area is 189 Å². The zero-order valence-corrected chi connectivity index (χ0v) is 19.1. The van der Waals surface area contributed by atoms with Gasteiger partial charge in [0.15, 0.2) is 12.6 Å². The lowest BCUT2D eigenvalue weighted by atomic mass is 10.2. The van der Waals surface area contributed by atoms with Crippen LogP contribution in [0.25, 0.3) is 0 Å². The minimum absolute atomic E-state index is 0.00858. The first-order valence-corrected chi connectivity index (χ1v) is 10.9. The summed E-state index contributed by atoms with van der Waals surface area (Å²) in [7, 11) is 3.41. The Balaban J connectivity index is 1.60. The summed E-state index contributed by atoms with van der Waals surface area (Å²) >= 11 is 0. The third kappa shape index (κ3) is 6.35. The van der Waals surface area contributed by atoms with Gasteiger partial charge in [-0.3, -0.25) is 4.79 Å². The summed E-state index contributed by atoms with van der Waals surface area (Å²) in [6, 6.07) is 14.5. The van der Waals surface area contributed by atoms with Gasteiger partial charge in [0.25, 0.3) is 5.91 Å². The molecule has 1 aliphatic heterocycles. The number of ether oxygens (including phenoxy) is 1. The first kappa shape index (κ1) is 23.4. The fourth-order valence-electron chi connectivity index (χ4n) is 3.47. The van der Waals surface area contributed by atoms with E-state index in [0.29, 0.717) is 18.0 Å². The molecule has 2 aromatic carbocycles. The summed E-state index contributed by atoms with van der Waals surface area (Å²) in [4.78, 5) is 22.3. The number of aliphatic imine (C=N–C) groups is 1. The highest BCUT2D eigenvalue weighted by molar-refractivity contribution is 5.80. The van der Waals surface area contributed by atoms with E-state index < -0.39 is 0 Å². The van der Waals surface area contributed by atoms with Crippen molar-refractivity contribution in [3.63, 3.8) is 0 Å². The summed E-state index contributed by atoms with van der Waals surface area (Å²) < 4.78 is 19.7. The Morgan fingerprint density at radius 2 is 1.88 bits per heavy atom. The van der Waals surface area contributed by atoms with Crippen LogP contribution in [0, 0.1) is 5.82 Å². The number of guanidine groups is 1. The Morgan fingerprint density at radius 3 is 2.56 bits per heavy atom. The van der Waals surface area contributed by atoms with Crippen molar-refractivity contribution in [2.45, 2.75) is 13.5 Å². The van der Waals surface area contributed by atoms with Gasteiger partial charge < -0.3 is 24.8 Å². The van der Waals surface area contributed by atoms with E-state index in [4.69, 9.17) is 9.73 Å². The maximum absolute atomic E-state index is 14.1.